The molecule has 1 saturated heterocycles. The Kier molecular flexibility index (Phi) is 2.94. The molecule has 1 aliphatic rings. The number of nitrogen functional groups attached to an aromatic ring is 2. The molecule has 0 saturated carbocycles. The molecule has 0 bridgehead atoms. The largest absolute Gasteiger partial charge is 0.397 e. The Morgan fingerprint density at radius 3 is 2.53 bits per heavy atom. The van der Waals surface area contributed by atoms with Gasteiger partial charge in [0.15, 0.2) is 0 Å². The van der Waals surface area contributed by atoms with Crippen LogP contribution in [0.4, 0.5) is 17.1 Å². The number of hydrogen-bond acceptors (Lipinski definition) is 5. The Balaban J connectivity index is 2.00. The summed E-state index contributed by atoms with van der Waals surface area (Å²) in [5.74, 6) is 0. The maximum Gasteiger partial charge on any atom is 0.0612 e. The molecule has 5 nitrogen and oxygen atoms in total. The van der Waals surface area contributed by atoms with Gasteiger partial charge in [0.2, 0.25) is 0 Å². The lowest BCUT2D eigenvalue weighted by Gasteiger charge is -2.28. The minimum absolute atomic E-state index is 0.605. The number of anilines is 3. The molecule has 0 amide bonds. The van der Waals surface area contributed by atoms with E-state index >= 15 is 0 Å². The second-order valence-electron chi connectivity index (χ2n) is 3.55. The number of nitrogens with one attached hydrogen (secondary N) is 1. The van der Waals surface area contributed by atoms with E-state index in [0.29, 0.717) is 11.4 Å². The van der Waals surface area contributed by atoms with E-state index in [4.69, 9.17) is 16.2 Å². The fourth-order valence-electron chi connectivity index (χ4n) is 1.50. The maximum atomic E-state index is 5.72. The van der Waals surface area contributed by atoms with Crippen LogP contribution in [0.2, 0.25) is 0 Å². The highest BCUT2D eigenvalue weighted by atomic mass is 16.5. The number of morpholine rings is 1. The Labute approximate surface area is 89.0 Å². The van der Waals surface area contributed by atoms with Gasteiger partial charge in [-0.05, 0) is 18.2 Å². The zero-order chi connectivity index (χ0) is 10.7. The van der Waals surface area contributed by atoms with E-state index in [1.54, 1.807) is 6.07 Å². The molecular formula is C10H16N4O. The summed E-state index contributed by atoms with van der Waals surface area (Å²) >= 11 is 0. The molecule has 0 aromatic heterocycles. The normalized spacial score (nSPS) is 17.6. The summed E-state index contributed by atoms with van der Waals surface area (Å²) in [6.45, 7) is 3.28. The number of nitrogens with zero attached hydrogens (tertiary/aromatic N) is 1. The van der Waals surface area contributed by atoms with Gasteiger partial charge in [-0.15, -0.1) is 0 Å². The van der Waals surface area contributed by atoms with Crippen molar-refractivity contribution in [1.82, 2.24) is 5.01 Å². The molecular weight excluding hydrogens is 192 g/mol. The van der Waals surface area contributed by atoms with Gasteiger partial charge in [0.1, 0.15) is 0 Å². The number of ether oxygens (including phenoxy) is 1. The molecule has 1 aromatic rings. The second kappa shape index (κ2) is 4.37. The van der Waals surface area contributed by atoms with Crippen LogP contribution in [0.5, 0.6) is 0 Å². The summed E-state index contributed by atoms with van der Waals surface area (Å²) in [7, 11) is 0. The summed E-state index contributed by atoms with van der Waals surface area (Å²) in [5.41, 5.74) is 16.8. The highest BCUT2D eigenvalue weighted by Gasteiger charge is 2.09. The molecule has 1 aromatic carbocycles. The molecule has 2 rings (SSSR count). The van der Waals surface area contributed by atoms with Crippen LogP contribution in [0.25, 0.3) is 0 Å². The van der Waals surface area contributed by atoms with Crippen LogP contribution in [-0.4, -0.2) is 31.3 Å². The third kappa shape index (κ3) is 2.51. The van der Waals surface area contributed by atoms with Crippen molar-refractivity contribution in [3.63, 3.8) is 0 Å². The minimum Gasteiger partial charge on any atom is -0.397 e. The average molecular weight is 208 g/mol. The predicted octanol–water partition coefficient (Wildman–Crippen LogP) is 0.510. The Morgan fingerprint density at radius 2 is 1.87 bits per heavy atom. The molecule has 5 N–H and O–H groups in total. The second-order valence-corrected chi connectivity index (χ2v) is 3.55. The highest BCUT2D eigenvalue weighted by Crippen LogP contribution is 2.20. The minimum atomic E-state index is 0.605. The van der Waals surface area contributed by atoms with E-state index in [-0.39, 0.29) is 0 Å². The van der Waals surface area contributed by atoms with Crippen LogP contribution in [-0.2, 0) is 4.74 Å². The SMILES string of the molecule is Nc1ccc(NN2CCOCC2)cc1N. The van der Waals surface area contributed by atoms with E-state index < -0.39 is 0 Å². The van der Waals surface area contributed by atoms with Crippen molar-refractivity contribution < 1.29 is 4.74 Å². The van der Waals surface area contributed by atoms with Crippen LogP contribution in [0.3, 0.4) is 0 Å². The lowest BCUT2D eigenvalue weighted by Crippen LogP contribution is -2.40. The molecule has 0 atom stereocenters. The number of nitrogens with two attached hydrogens (primary N) is 2. The van der Waals surface area contributed by atoms with Gasteiger partial charge < -0.3 is 21.6 Å². The third-order valence-corrected chi connectivity index (χ3v) is 2.39. The summed E-state index contributed by atoms with van der Waals surface area (Å²) in [5, 5.41) is 2.11. The molecule has 0 spiro atoms. The summed E-state index contributed by atoms with van der Waals surface area (Å²) in [4.78, 5) is 0. The molecule has 1 aliphatic heterocycles. The van der Waals surface area contributed by atoms with Gasteiger partial charge in [-0.2, -0.15) is 0 Å². The number of hydrogen-bond donors (Lipinski definition) is 3. The first-order valence-corrected chi connectivity index (χ1v) is 5.00. The van der Waals surface area contributed by atoms with Gasteiger partial charge in [0.25, 0.3) is 0 Å². The van der Waals surface area contributed by atoms with Gasteiger partial charge in [0.05, 0.1) is 30.3 Å². The summed E-state index contributed by atoms with van der Waals surface area (Å²) in [6.07, 6.45) is 0. The maximum absolute atomic E-state index is 5.72. The van der Waals surface area contributed by atoms with E-state index in [2.05, 4.69) is 10.4 Å². The van der Waals surface area contributed by atoms with Crippen molar-refractivity contribution in [3.8, 4) is 0 Å². The van der Waals surface area contributed by atoms with E-state index in [1.807, 2.05) is 12.1 Å². The Morgan fingerprint density at radius 1 is 1.13 bits per heavy atom. The third-order valence-electron chi connectivity index (χ3n) is 2.39. The first kappa shape index (κ1) is 10.1. The molecule has 82 valence electrons. The topological polar surface area (TPSA) is 76.5 Å². The van der Waals surface area contributed by atoms with Crippen LogP contribution >= 0.6 is 0 Å². The average Bonchev–Trinajstić information content (AvgIpc) is 2.25. The number of benzene rings is 1. The van der Waals surface area contributed by atoms with Gasteiger partial charge >= 0.3 is 0 Å². The lowest BCUT2D eigenvalue weighted by atomic mass is 10.2. The number of hydrazine groups is 1. The molecule has 0 radical (unpaired) electrons. The fourth-order valence-corrected chi connectivity index (χ4v) is 1.50. The zero-order valence-corrected chi connectivity index (χ0v) is 8.57. The molecule has 15 heavy (non-hydrogen) atoms. The Bertz CT molecular complexity index is 336. The zero-order valence-electron chi connectivity index (χ0n) is 8.57. The van der Waals surface area contributed by atoms with Gasteiger partial charge in [-0.25, -0.2) is 5.01 Å². The molecule has 5 heteroatoms. The quantitative estimate of drug-likeness (QED) is 0.617. The summed E-state index contributed by atoms with van der Waals surface area (Å²) in [6, 6.07) is 5.56. The van der Waals surface area contributed by atoms with Crippen molar-refractivity contribution in [2.24, 2.45) is 0 Å². The molecule has 0 unspecified atom stereocenters. The van der Waals surface area contributed by atoms with Crippen molar-refractivity contribution >= 4 is 17.1 Å². The monoisotopic (exact) mass is 208 g/mol. The summed E-state index contributed by atoms with van der Waals surface area (Å²) < 4.78 is 5.25. The van der Waals surface area contributed by atoms with Crippen LogP contribution < -0.4 is 16.9 Å². The first-order valence-electron chi connectivity index (χ1n) is 5.00. The fraction of sp³-hybridized carbons (Fsp3) is 0.400. The molecule has 1 heterocycles. The molecule has 1 fully saturated rings. The van der Waals surface area contributed by atoms with Crippen molar-refractivity contribution in [2.45, 2.75) is 0 Å². The lowest BCUT2D eigenvalue weighted by molar-refractivity contribution is 0.0497. The first-order chi connectivity index (χ1) is 7.25. The predicted molar refractivity (Wildman–Crippen MR) is 61.3 cm³/mol. The van der Waals surface area contributed by atoms with Gasteiger partial charge in [0, 0.05) is 13.1 Å². The van der Waals surface area contributed by atoms with Crippen LogP contribution in [0.15, 0.2) is 18.2 Å². The Hall–Kier alpha value is -1.46. The van der Waals surface area contributed by atoms with E-state index in [1.165, 1.54) is 0 Å². The van der Waals surface area contributed by atoms with E-state index in [9.17, 15) is 0 Å². The van der Waals surface area contributed by atoms with Crippen molar-refractivity contribution in [1.29, 1.82) is 0 Å². The van der Waals surface area contributed by atoms with Gasteiger partial charge in [-0.3, -0.25) is 0 Å². The van der Waals surface area contributed by atoms with Crippen LogP contribution in [0.1, 0.15) is 0 Å². The standard InChI is InChI=1S/C10H16N4O/c11-9-2-1-8(7-10(9)12)13-14-3-5-15-6-4-14/h1-2,7,13H,3-6,11-12H2. The molecule has 0 aliphatic carbocycles. The highest BCUT2D eigenvalue weighted by molar-refractivity contribution is 5.69. The van der Waals surface area contributed by atoms with Crippen LogP contribution in [0, 0.1) is 0 Å². The smallest absolute Gasteiger partial charge is 0.0612 e. The van der Waals surface area contributed by atoms with Gasteiger partial charge in [-0.1, -0.05) is 0 Å². The van der Waals surface area contributed by atoms with Crippen molar-refractivity contribution in [2.75, 3.05) is 43.2 Å². The van der Waals surface area contributed by atoms with E-state index in [0.717, 1.165) is 32.0 Å². The number of rotatable bonds is 2. The van der Waals surface area contributed by atoms with Crippen molar-refractivity contribution in [3.05, 3.63) is 18.2 Å².